The van der Waals surface area contributed by atoms with E-state index in [2.05, 4.69) is 0 Å². The van der Waals surface area contributed by atoms with Gasteiger partial charge < -0.3 is 4.90 Å². The summed E-state index contributed by atoms with van der Waals surface area (Å²) < 4.78 is 67.1. The number of amides is 1. The van der Waals surface area contributed by atoms with E-state index < -0.39 is 36.3 Å². The number of carbonyl (C=O) groups excluding carboxylic acids is 1. The molecule has 0 saturated carbocycles. The average molecular weight is 402 g/mol. The summed E-state index contributed by atoms with van der Waals surface area (Å²) in [5.74, 6) is -3.02. The van der Waals surface area contributed by atoms with Crippen molar-refractivity contribution < 1.29 is 26.7 Å². The number of rotatable bonds is 4. The second-order valence-electron chi connectivity index (χ2n) is 5.98. The summed E-state index contributed by atoms with van der Waals surface area (Å²) in [7, 11) is 0. The molecule has 27 heavy (non-hydrogen) atoms. The molecule has 8 heteroatoms. The van der Waals surface area contributed by atoms with Crippen molar-refractivity contribution in [3.05, 3.63) is 70.0 Å². The summed E-state index contributed by atoms with van der Waals surface area (Å²) in [6, 6.07) is 6.42. The Bertz CT molecular complexity index is 911. The number of alkyl halides is 2. The Labute approximate surface area is 156 Å². The van der Waals surface area contributed by atoms with Crippen LogP contribution in [-0.2, 0) is 4.79 Å². The highest BCUT2D eigenvalue weighted by Gasteiger charge is 2.31. The van der Waals surface area contributed by atoms with Gasteiger partial charge in [0, 0.05) is 18.1 Å². The van der Waals surface area contributed by atoms with Crippen LogP contribution in [0, 0.1) is 17.5 Å². The first-order valence-corrected chi connectivity index (χ1v) is 8.38. The Kier molecular flexibility index (Phi) is 5.51. The number of nitrogens with zero attached hydrogens (tertiary/aromatic N) is 1. The van der Waals surface area contributed by atoms with Crippen LogP contribution in [0.1, 0.15) is 24.0 Å². The van der Waals surface area contributed by atoms with Gasteiger partial charge in [0.25, 0.3) is 6.43 Å². The van der Waals surface area contributed by atoms with Gasteiger partial charge in [-0.3, -0.25) is 4.79 Å². The van der Waals surface area contributed by atoms with E-state index in [4.69, 9.17) is 11.6 Å². The van der Waals surface area contributed by atoms with Crippen LogP contribution < -0.4 is 0 Å². The predicted molar refractivity (Wildman–Crippen MR) is 91.5 cm³/mol. The first-order chi connectivity index (χ1) is 12.8. The Hall–Kier alpha value is -2.41. The first kappa shape index (κ1) is 19.4. The van der Waals surface area contributed by atoms with Crippen molar-refractivity contribution in [2.75, 3.05) is 6.54 Å². The normalized spacial score (nSPS) is 15.1. The van der Waals surface area contributed by atoms with Gasteiger partial charge in [0.05, 0.1) is 17.3 Å². The number of allylic oxidation sites excluding steroid dienone is 1. The highest BCUT2D eigenvalue weighted by molar-refractivity contribution is 6.33. The fraction of sp³-hybridized carbons (Fsp3) is 0.211. The Balaban J connectivity index is 2.28. The maximum atomic E-state index is 13.9. The smallest absolute Gasteiger partial charge is 0.256 e. The molecule has 2 aromatic rings. The molecule has 1 amide bonds. The van der Waals surface area contributed by atoms with Crippen LogP contribution in [0.25, 0.3) is 11.3 Å². The van der Waals surface area contributed by atoms with Crippen LogP contribution >= 0.6 is 11.6 Å². The largest absolute Gasteiger partial charge is 0.306 e. The molecule has 1 aliphatic rings. The van der Waals surface area contributed by atoms with Crippen LogP contribution in [0.4, 0.5) is 22.0 Å². The highest BCUT2D eigenvalue weighted by atomic mass is 35.5. The van der Waals surface area contributed by atoms with Crippen molar-refractivity contribution in [2.45, 2.75) is 19.3 Å². The first-order valence-electron chi connectivity index (χ1n) is 8.00. The molecule has 0 N–H and O–H groups in total. The third-order valence-electron chi connectivity index (χ3n) is 4.20. The molecule has 3 rings (SSSR count). The van der Waals surface area contributed by atoms with Gasteiger partial charge in [-0.05, 0) is 47.9 Å². The summed E-state index contributed by atoms with van der Waals surface area (Å²) in [5.41, 5.74) is 0.518. The number of halogens is 6. The summed E-state index contributed by atoms with van der Waals surface area (Å²) in [4.78, 5) is 13.1. The van der Waals surface area contributed by atoms with E-state index >= 15 is 0 Å². The maximum absolute atomic E-state index is 13.9. The number of carbonyl (C=O) groups is 1. The van der Waals surface area contributed by atoms with Crippen LogP contribution in [0.2, 0.25) is 5.02 Å². The fourth-order valence-corrected chi connectivity index (χ4v) is 3.30. The molecule has 0 bridgehead atoms. The molecular weight excluding hydrogens is 389 g/mol. The minimum absolute atomic E-state index is 0.0275. The minimum atomic E-state index is -2.83. The zero-order valence-corrected chi connectivity index (χ0v) is 14.5. The summed E-state index contributed by atoms with van der Waals surface area (Å²) in [5, 5.41) is -0.377. The Morgan fingerprint density at radius 2 is 1.67 bits per heavy atom. The van der Waals surface area contributed by atoms with Crippen LogP contribution in [0.5, 0.6) is 0 Å². The number of hydrogen-bond donors (Lipinski definition) is 0. The van der Waals surface area contributed by atoms with Gasteiger partial charge >= 0.3 is 0 Å². The average Bonchev–Trinajstić information content (AvgIpc) is 2.60. The van der Waals surface area contributed by atoms with E-state index in [1.807, 2.05) is 0 Å². The Morgan fingerprint density at radius 3 is 2.30 bits per heavy atom. The molecule has 2 aromatic carbocycles. The third-order valence-corrected chi connectivity index (χ3v) is 4.59. The lowest BCUT2D eigenvalue weighted by Crippen LogP contribution is -2.36. The van der Waals surface area contributed by atoms with Gasteiger partial charge in [0.15, 0.2) is 0 Å². The second kappa shape index (κ2) is 7.68. The van der Waals surface area contributed by atoms with Gasteiger partial charge in [-0.1, -0.05) is 11.6 Å². The molecule has 0 radical (unpaired) electrons. The monoisotopic (exact) mass is 401 g/mol. The Morgan fingerprint density at radius 1 is 1.00 bits per heavy atom. The molecule has 0 atom stereocenters. The van der Waals surface area contributed by atoms with Crippen molar-refractivity contribution in [3.8, 4) is 0 Å². The molecule has 0 spiro atoms. The molecule has 0 aromatic heterocycles. The van der Waals surface area contributed by atoms with Crippen molar-refractivity contribution in [2.24, 2.45) is 0 Å². The lowest BCUT2D eigenvalue weighted by molar-refractivity contribution is -0.129. The van der Waals surface area contributed by atoms with E-state index in [1.54, 1.807) is 0 Å². The van der Waals surface area contributed by atoms with Crippen molar-refractivity contribution >= 4 is 28.8 Å². The van der Waals surface area contributed by atoms with Crippen LogP contribution in [0.15, 0.2) is 36.4 Å². The standard InChI is InChI=1S/C19H13ClF5NO/c20-18-14(7-12(22)8-15(18)23)13-5-6-17(27)26(9-16(24)25)19(13)10-1-3-11(21)4-2-10/h1-4,7-8,16H,5-6,9H2. The zero-order valence-electron chi connectivity index (χ0n) is 13.8. The van der Waals surface area contributed by atoms with Crippen molar-refractivity contribution in [1.82, 2.24) is 4.90 Å². The van der Waals surface area contributed by atoms with E-state index in [0.29, 0.717) is 6.07 Å². The summed E-state index contributed by atoms with van der Waals surface area (Å²) >= 11 is 5.98. The van der Waals surface area contributed by atoms with Gasteiger partial charge in [-0.25, -0.2) is 22.0 Å². The number of benzene rings is 2. The predicted octanol–water partition coefficient (Wildman–Crippen LogP) is 5.51. The lowest BCUT2D eigenvalue weighted by atomic mass is 9.91. The highest BCUT2D eigenvalue weighted by Crippen LogP contribution is 2.40. The zero-order chi connectivity index (χ0) is 19.7. The van der Waals surface area contributed by atoms with Crippen molar-refractivity contribution in [1.29, 1.82) is 0 Å². The minimum Gasteiger partial charge on any atom is -0.306 e. The second-order valence-corrected chi connectivity index (χ2v) is 6.36. The molecule has 0 unspecified atom stereocenters. The SMILES string of the molecule is O=C1CCC(c2cc(F)cc(F)c2Cl)=C(c2ccc(F)cc2)N1CC(F)F. The molecule has 2 nitrogen and oxygen atoms in total. The molecule has 0 saturated heterocycles. The van der Waals surface area contributed by atoms with E-state index in [0.717, 1.165) is 23.1 Å². The molecule has 0 aliphatic carbocycles. The topological polar surface area (TPSA) is 20.3 Å². The van der Waals surface area contributed by atoms with E-state index in [-0.39, 0.29) is 40.3 Å². The van der Waals surface area contributed by atoms with Gasteiger partial charge in [0.2, 0.25) is 5.91 Å². The van der Waals surface area contributed by atoms with Crippen LogP contribution in [-0.4, -0.2) is 23.8 Å². The molecule has 1 aliphatic heterocycles. The van der Waals surface area contributed by atoms with Crippen LogP contribution in [0.3, 0.4) is 0 Å². The third kappa shape index (κ3) is 3.98. The lowest BCUT2D eigenvalue weighted by Gasteiger charge is -2.33. The van der Waals surface area contributed by atoms with E-state index in [1.165, 1.54) is 12.1 Å². The molecule has 1 heterocycles. The maximum Gasteiger partial charge on any atom is 0.256 e. The van der Waals surface area contributed by atoms with Gasteiger partial charge in [0.1, 0.15) is 17.5 Å². The number of hydrogen-bond acceptors (Lipinski definition) is 1. The fourth-order valence-electron chi connectivity index (χ4n) is 3.08. The van der Waals surface area contributed by atoms with E-state index in [9.17, 15) is 26.7 Å². The quantitative estimate of drug-likeness (QED) is 0.488. The summed E-state index contributed by atoms with van der Waals surface area (Å²) in [6.45, 7) is -0.898. The van der Waals surface area contributed by atoms with Gasteiger partial charge in [-0.15, -0.1) is 0 Å². The molecule has 142 valence electrons. The molecule has 0 fully saturated rings. The van der Waals surface area contributed by atoms with Crippen molar-refractivity contribution in [3.63, 3.8) is 0 Å². The molecular formula is C19H13ClF5NO. The summed E-state index contributed by atoms with van der Waals surface area (Å²) in [6.07, 6.45) is -2.90. The van der Waals surface area contributed by atoms with Gasteiger partial charge in [-0.2, -0.15) is 0 Å².